The van der Waals surface area contributed by atoms with Crippen LogP contribution >= 0.6 is 11.3 Å². The molecule has 16 heavy (non-hydrogen) atoms. The number of carbonyl (C=O) groups excluding carboxylic acids is 2. The third-order valence-corrected chi connectivity index (χ3v) is 2.49. The molecule has 5 heteroatoms. The number of anilines is 1. The van der Waals surface area contributed by atoms with Crippen molar-refractivity contribution in [2.45, 2.75) is 33.3 Å². The Labute approximate surface area is 98.6 Å². The van der Waals surface area contributed by atoms with Gasteiger partial charge in [0.25, 0.3) is 0 Å². The van der Waals surface area contributed by atoms with E-state index < -0.39 is 5.60 Å². The first-order valence-electron chi connectivity index (χ1n) is 4.89. The molecule has 4 nitrogen and oxygen atoms in total. The van der Waals surface area contributed by atoms with E-state index in [9.17, 15) is 9.59 Å². The number of ether oxygens (including phenoxy) is 1. The second-order valence-electron chi connectivity index (χ2n) is 4.35. The third-order valence-electron chi connectivity index (χ3n) is 1.51. The van der Waals surface area contributed by atoms with Gasteiger partial charge in [0.1, 0.15) is 10.5 Å². The molecule has 1 rings (SSSR count). The second kappa shape index (κ2) is 4.65. The zero-order chi connectivity index (χ0) is 12.3. The van der Waals surface area contributed by atoms with Gasteiger partial charge >= 0.3 is 5.97 Å². The molecular formula is C11H15NO3S. The molecule has 0 atom stereocenters. The van der Waals surface area contributed by atoms with Crippen molar-refractivity contribution in [3.8, 4) is 0 Å². The van der Waals surface area contributed by atoms with Crippen molar-refractivity contribution >= 4 is 28.2 Å². The van der Waals surface area contributed by atoms with Gasteiger partial charge in [-0.25, -0.2) is 4.79 Å². The number of hydrogen-bond donors (Lipinski definition) is 1. The monoisotopic (exact) mass is 241 g/mol. The van der Waals surface area contributed by atoms with Gasteiger partial charge < -0.3 is 10.1 Å². The molecule has 1 amide bonds. The molecule has 0 aliphatic carbocycles. The Bertz CT molecular complexity index is 404. The highest BCUT2D eigenvalue weighted by Crippen LogP contribution is 2.24. The summed E-state index contributed by atoms with van der Waals surface area (Å²) in [4.78, 5) is 22.9. The van der Waals surface area contributed by atoms with Gasteiger partial charge in [-0.05, 0) is 32.9 Å². The molecule has 88 valence electrons. The van der Waals surface area contributed by atoms with Crippen LogP contribution in [0.3, 0.4) is 0 Å². The van der Waals surface area contributed by atoms with Crippen LogP contribution in [0.25, 0.3) is 0 Å². The van der Waals surface area contributed by atoms with Gasteiger partial charge in [0.15, 0.2) is 0 Å². The Morgan fingerprint density at radius 2 is 1.94 bits per heavy atom. The highest BCUT2D eigenvalue weighted by Gasteiger charge is 2.19. The highest BCUT2D eigenvalue weighted by atomic mass is 32.1. The molecule has 0 unspecified atom stereocenters. The molecule has 1 aromatic rings. The molecule has 0 aliphatic heterocycles. The predicted octanol–water partition coefficient (Wildman–Crippen LogP) is 2.66. The molecule has 0 bridgehead atoms. The van der Waals surface area contributed by atoms with Gasteiger partial charge in [-0.3, -0.25) is 4.79 Å². The Morgan fingerprint density at radius 1 is 1.31 bits per heavy atom. The normalized spacial score (nSPS) is 11.0. The maximum absolute atomic E-state index is 11.6. The first kappa shape index (κ1) is 12.7. The first-order valence-corrected chi connectivity index (χ1v) is 5.70. The van der Waals surface area contributed by atoms with Crippen LogP contribution in [0.5, 0.6) is 0 Å². The van der Waals surface area contributed by atoms with Crippen LogP contribution in [0.15, 0.2) is 12.1 Å². The standard InChI is InChI=1S/C11H15NO3S/c1-7(13)12-9-6-5-8(16-9)10(14)15-11(2,3)4/h5-6H,1-4H3,(H,12,13). The van der Waals surface area contributed by atoms with Crippen molar-refractivity contribution in [3.63, 3.8) is 0 Å². The van der Waals surface area contributed by atoms with E-state index in [0.717, 1.165) is 0 Å². The lowest BCUT2D eigenvalue weighted by atomic mass is 10.2. The minimum Gasteiger partial charge on any atom is -0.456 e. The van der Waals surface area contributed by atoms with Crippen molar-refractivity contribution in [3.05, 3.63) is 17.0 Å². The summed E-state index contributed by atoms with van der Waals surface area (Å²) in [7, 11) is 0. The van der Waals surface area contributed by atoms with E-state index in [1.165, 1.54) is 18.3 Å². The summed E-state index contributed by atoms with van der Waals surface area (Å²) in [6.07, 6.45) is 0. The zero-order valence-corrected chi connectivity index (χ0v) is 10.6. The van der Waals surface area contributed by atoms with E-state index >= 15 is 0 Å². The molecular weight excluding hydrogens is 226 g/mol. The molecule has 0 saturated carbocycles. The van der Waals surface area contributed by atoms with E-state index in [1.54, 1.807) is 12.1 Å². The lowest BCUT2D eigenvalue weighted by Gasteiger charge is -2.18. The maximum atomic E-state index is 11.6. The average Bonchev–Trinajstić information content (AvgIpc) is 2.48. The molecule has 0 aromatic carbocycles. The van der Waals surface area contributed by atoms with E-state index in [2.05, 4.69) is 5.32 Å². The number of hydrogen-bond acceptors (Lipinski definition) is 4. The summed E-state index contributed by atoms with van der Waals surface area (Å²) in [6, 6.07) is 3.33. The Morgan fingerprint density at radius 3 is 2.44 bits per heavy atom. The minimum absolute atomic E-state index is 0.155. The summed E-state index contributed by atoms with van der Waals surface area (Å²) in [5.41, 5.74) is -0.505. The predicted molar refractivity (Wildman–Crippen MR) is 63.8 cm³/mol. The molecule has 0 fully saturated rings. The topological polar surface area (TPSA) is 55.4 Å². The van der Waals surface area contributed by atoms with E-state index in [4.69, 9.17) is 4.74 Å². The van der Waals surface area contributed by atoms with Crippen LogP contribution in [0.2, 0.25) is 0 Å². The van der Waals surface area contributed by atoms with Gasteiger partial charge in [-0.1, -0.05) is 0 Å². The molecule has 1 aromatic heterocycles. The summed E-state index contributed by atoms with van der Waals surface area (Å²) in [6.45, 7) is 6.86. The van der Waals surface area contributed by atoms with Crippen molar-refractivity contribution in [2.24, 2.45) is 0 Å². The fourth-order valence-electron chi connectivity index (χ4n) is 1.02. The number of esters is 1. The fourth-order valence-corrected chi connectivity index (χ4v) is 1.85. The van der Waals surface area contributed by atoms with Crippen LogP contribution in [0.1, 0.15) is 37.4 Å². The Hall–Kier alpha value is -1.36. The van der Waals surface area contributed by atoms with Crippen LogP contribution in [0, 0.1) is 0 Å². The highest BCUT2D eigenvalue weighted by molar-refractivity contribution is 7.18. The van der Waals surface area contributed by atoms with Gasteiger partial charge in [-0.2, -0.15) is 0 Å². The second-order valence-corrected chi connectivity index (χ2v) is 5.43. The fraction of sp³-hybridized carbons (Fsp3) is 0.455. The van der Waals surface area contributed by atoms with Gasteiger partial charge in [0, 0.05) is 6.92 Å². The summed E-state index contributed by atoms with van der Waals surface area (Å²) in [5, 5.41) is 3.26. The van der Waals surface area contributed by atoms with Gasteiger partial charge in [-0.15, -0.1) is 11.3 Å². The van der Waals surface area contributed by atoms with E-state index in [0.29, 0.717) is 9.88 Å². The van der Waals surface area contributed by atoms with Crippen LogP contribution in [-0.2, 0) is 9.53 Å². The largest absolute Gasteiger partial charge is 0.456 e. The molecule has 1 N–H and O–H groups in total. The number of carbonyl (C=O) groups is 2. The average molecular weight is 241 g/mol. The smallest absolute Gasteiger partial charge is 0.348 e. The van der Waals surface area contributed by atoms with Crippen molar-refractivity contribution in [1.29, 1.82) is 0 Å². The summed E-state index contributed by atoms with van der Waals surface area (Å²) >= 11 is 1.20. The molecule has 0 aliphatic rings. The minimum atomic E-state index is -0.505. The quantitative estimate of drug-likeness (QED) is 0.810. The molecule has 0 spiro atoms. The molecule has 0 saturated heterocycles. The number of thiophene rings is 1. The number of amides is 1. The lowest BCUT2D eigenvalue weighted by Crippen LogP contribution is -2.23. The number of rotatable bonds is 2. The maximum Gasteiger partial charge on any atom is 0.348 e. The lowest BCUT2D eigenvalue weighted by molar-refractivity contribution is -0.114. The van der Waals surface area contributed by atoms with Crippen LogP contribution in [-0.4, -0.2) is 17.5 Å². The molecule has 0 radical (unpaired) electrons. The molecule has 1 heterocycles. The van der Waals surface area contributed by atoms with Gasteiger partial charge in [0.2, 0.25) is 5.91 Å². The van der Waals surface area contributed by atoms with Crippen molar-refractivity contribution < 1.29 is 14.3 Å². The Balaban J connectivity index is 2.71. The summed E-state index contributed by atoms with van der Waals surface area (Å²) in [5.74, 6) is -0.522. The van der Waals surface area contributed by atoms with E-state index in [1.807, 2.05) is 20.8 Å². The van der Waals surface area contributed by atoms with Crippen molar-refractivity contribution in [2.75, 3.05) is 5.32 Å². The van der Waals surface area contributed by atoms with Crippen LogP contribution < -0.4 is 5.32 Å². The summed E-state index contributed by atoms with van der Waals surface area (Å²) < 4.78 is 5.20. The van der Waals surface area contributed by atoms with E-state index in [-0.39, 0.29) is 11.9 Å². The SMILES string of the molecule is CC(=O)Nc1ccc(C(=O)OC(C)(C)C)s1. The van der Waals surface area contributed by atoms with Crippen molar-refractivity contribution in [1.82, 2.24) is 0 Å². The Kier molecular flexibility index (Phi) is 3.70. The zero-order valence-electron chi connectivity index (χ0n) is 9.79. The first-order chi connectivity index (χ1) is 7.28. The van der Waals surface area contributed by atoms with Gasteiger partial charge in [0.05, 0.1) is 5.00 Å². The van der Waals surface area contributed by atoms with Crippen LogP contribution in [0.4, 0.5) is 5.00 Å². The third kappa shape index (κ3) is 4.02. The number of nitrogens with one attached hydrogen (secondary N) is 1.